The van der Waals surface area contributed by atoms with Crippen molar-refractivity contribution in [3.05, 3.63) is 65.5 Å². The summed E-state index contributed by atoms with van der Waals surface area (Å²) in [6.07, 6.45) is 3.83. The predicted octanol–water partition coefficient (Wildman–Crippen LogP) is 3.45. The number of anilines is 1. The molecule has 0 saturated carbocycles. The lowest BCUT2D eigenvalue weighted by molar-refractivity contribution is -0.115. The molecule has 0 radical (unpaired) electrons. The first kappa shape index (κ1) is 18.8. The maximum absolute atomic E-state index is 12.3. The van der Waals surface area contributed by atoms with Crippen LogP contribution in [-0.2, 0) is 24.2 Å². The molecule has 1 heterocycles. The average Bonchev–Trinajstić information content (AvgIpc) is 3.17. The quantitative estimate of drug-likeness (QED) is 0.571. The molecule has 0 saturated heterocycles. The van der Waals surface area contributed by atoms with E-state index < -0.39 is 0 Å². The zero-order valence-electron chi connectivity index (χ0n) is 15.5. The number of aryl methyl sites for hydroxylation is 1. The van der Waals surface area contributed by atoms with Crippen molar-refractivity contribution in [1.29, 1.82) is 0 Å². The molecule has 3 aromatic rings. The van der Waals surface area contributed by atoms with Crippen LogP contribution in [0.25, 0.3) is 11.4 Å². The monoisotopic (exact) mass is 363 g/mol. The Kier molecular flexibility index (Phi) is 6.33. The van der Waals surface area contributed by atoms with Gasteiger partial charge in [0.1, 0.15) is 5.82 Å². The number of amides is 1. The SMILES string of the molecule is CCCCc1ccc(CC(=O)Nc2ccc(-c3n[nH]c(CN)n3)cc2)cc1. The van der Waals surface area contributed by atoms with Crippen LogP contribution in [0.4, 0.5) is 5.69 Å². The first-order valence-electron chi connectivity index (χ1n) is 9.27. The highest BCUT2D eigenvalue weighted by atomic mass is 16.1. The lowest BCUT2D eigenvalue weighted by atomic mass is 10.0. The fraction of sp³-hybridized carbons (Fsp3) is 0.286. The van der Waals surface area contributed by atoms with Crippen molar-refractivity contribution in [2.45, 2.75) is 39.2 Å². The molecule has 140 valence electrons. The van der Waals surface area contributed by atoms with Crippen LogP contribution in [0.1, 0.15) is 36.7 Å². The third-order valence-corrected chi connectivity index (χ3v) is 4.36. The van der Waals surface area contributed by atoms with Gasteiger partial charge in [-0.05, 0) is 48.2 Å². The Labute approximate surface area is 159 Å². The third-order valence-electron chi connectivity index (χ3n) is 4.36. The average molecular weight is 363 g/mol. The number of nitrogens with two attached hydrogens (primary N) is 1. The molecule has 0 unspecified atom stereocenters. The van der Waals surface area contributed by atoms with E-state index in [1.54, 1.807) is 0 Å². The summed E-state index contributed by atoms with van der Waals surface area (Å²) in [6.45, 7) is 2.51. The highest BCUT2D eigenvalue weighted by Crippen LogP contribution is 2.18. The van der Waals surface area contributed by atoms with Gasteiger partial charge in [0.15, 0.2) is 5.82 Å². The molecular weight excluding hydrogens is 338 g/mol. The van der Waals surface area contributed by atoms with Crippen molar-refractivity contribution >= 4 is 11.6 Å². The van der Waals surface area contributed by atoms with Crippen LogP contribution in [-0.4, -0.2) is 21.1 Å². The molecule has 0 aliphatic rings. The number of aromatic nitrogens is 3. The summed E-state index contributed by atoms with van der Waals surface area (Å²) >= 11 is 0. The van der Waals surface area contributed by atoms with E-state index >= 15 is 0 Å². The molecule has 0 aliphatic heterocycles. The van der Waals surface area contributed by atoms with Crippen molar-refractivity contribution in [3.63, 3.8) is 0 Å². The van der Waals surface area contributed by atoms with Gasteiger partial charge in [0.25, 0.3) is 0 Å². The molecule has 4 N–H and O–H groups in total. The second-order valence-electron chi connectivity index (χ2n) is 6.53. The Bertz CT molecular complexity index is 868. The molecule has 27 heavy (non-hydrogen) atoms. The second kappa shape index (κ2) is 9.09. The van der Waals surface area contributed by atoms with Crippen molar-refractivity contribution in [2.75, 3.05) is 5.32 Å². The highest BCUT2D eigenvalue weighted by molar-refractivity contribution is 5.92. The smallest absolute Gasteiger partial charge is 0.228 e. The molecule has 1 amide bonds. The van der Waals surface area contributed by atoms with Crippen molar-refractivity contribution in [1.82, 2.24) is 15.2 Å². The molecule has 0 aliphatic carbocycles. The van der Waals surface area contributed by atoms with Crippen LogP contribution in [0.2, 0.25) is 0 Å². The molecular formula is C21H25N5O. The maximum atomic E-state index is 12.3. The molecule has 0 bridgehead atoms. The summed E-state index contributed by atoms with van der Waals surface area (Å²) in [5.41, 5.74) is 9.48. The maximum Gasteiger partial charge on any atom is 0.228 e. The van der Waals surface area contributed by atoms with E-state index in [2.05, 4.69) is 39.6 Å². The Morgan fingerprint density at radius 2 is 1.78 bits per heavy atom. The normalized spacial score (nSPS) is 10.7. The number of unbranched alkanes of at least 4 members (excludes halogenated alkanes) is 1. The van der Waals surface area contributed by atoms with Gasteiger partial charge in [-0.15, -0.1) is 0 Å². The fourth-order valence-corrected chi connectivity index (χ4v) is 2.81. The van der Waals surface area contributed by atoms with Gasteiger partial charge in [0.05, 0.1) is 13.0 Å². The van der Waals surface area contributed by atoms with Crippen LogP contribution in [0.5, 0.6) is 0 Å². The van der Waals surface area contributed by atoms with Gasteiger partial charge in [-0.3, -0.25) is 9.89 Å². The Morgan fingerprint density at radius 1 is 1.07 bits per heavy atom. The highest BCUT2D eigenvalue weighted by Gasteiger charge is 2.07. The van der Waals surface area contributed by atoms with E-state index in [0.717, 1.165) is 23.2 Å². The fourth-order valence-electron chi connectivity index (χ4n) is 2.81. The number of nitrogens with one attached hydrogen (secondary N) is 2. The van der Waals surface area contributed by atoms with Gasteiger partial charge in [-0.25, -0.2) is 4.98 Å². The minimum Gasteiger partial charge on any atom is -0.326 e. The minimum atomic E-state index is -0.0348. The molecule has 6 heteroatoms. The largest absolute Gasteiger partial charge is 0.326 e. The zero-order valence-corrected chi connectivity index (χ0v) is 15.5. The van der Waals surface area contributed by atoms with E-state index in [-0.39, 0.29) is 5.91 Å². The third kappa shape index (κ3) is 5.24. The Balaban J connectivity index is 1.56. The predicted molar refractivity (Wildman–Crippen MR) is 107 cm³/mol. The zero-order chi connectivity index (χ0) is 19.1. The Hall–Kier alpha value is -2.99. The van der Waals surface area contributed by atoms with Gasteiger partial charge >= 0.3 is 0 Å². The van der Waals surface area contributed by atoms with E-state index in [0.29, 0.717) is 24.6 Å². The first-order valence-corrected chi connectivity index (χ1v) is 9.27. The van der Waals surface area contributed by atoms with Crippen molar-refractivity contribution in [2.24, 2.45) is 5.73 Å². The van der Waals surface area contributed by atoms with Crippen LogP contribution in [0, 0.1) is 0 Å². The first-order chi connectivity index (χ1) is 13.2. The number of hydrogen-bond acceptors (Lipinski definition) is 4. The topological polar surface area (TPSA) is 96.7 Å². The summed E-state index contributed by atoms with van der Waals surface area (Å²) < 4.78 is 0. The van der Waals surface area contributed by atoms with Crippen LogP contribution < -0.4 is 11.1 Å². The van der Waals surface area contributed by atoms with Gasteiger partial charge in [-0.2, -0.15) is 5.10 Å². The standard InChI is InChI=1S/C21H25N5O/c1-2-3-4-15-5-7-16(8-6-15)13-20(27)23-18-11-9-17(10-12-18)21-24-19(14-22)25-26-21/h5-12H,2-4,13-14,22H2,1H3,(H,23,27)(H,24,25,26). The van der Waals surface area contributed by atoms with E-state index in [4.69, 9.17) is 5.73 Å². The van der Waals surface area contributed by atoms with Gasteiger partial charge in [-0.1, -0.05) is 37.6 Å². The molecule has 0 atom stereocenters. The van der Waals surface area contributed by atoms with Crippen LogP contribution >= 0.6 is 0 Å². The molecule has 1 aromatic heterocycles. The van der Waals surface area contributed by atoms with E-state index in [1.807, 2.05) is 36.4 Å². The molecule has 3 rings (SSSR count). The van der Waals surface area contributed by atoms with E-state index in [9.17, 15) is 4.79 Å². The van der Waals surface area contributed by atoms with Gasteiger partial charge in [0.2, 0.25) is 5.91 Å². The lowest BCUT2D eigenvalue weighted by Gasteiger charge is -2.07. The van der Waals surface area contributed by atoms with Crippen molar-refractivity contribution in [3.8, 4) is 11.4 Å². The number of benzene rings is 2. The number of H-pyrrole nitrogens is 1. The number of hydrogen-bond donors (Lipinski definition) is 3. The minimum absolute atomic E-state index is 0.0348. The number of carbonyl (C=O) groups is 1. The Morgan fingerprint density at radius 3 is 2.41 bits per heavy atom. The van der Waals surface area contributed by atoms with Gasteiger partial charge in [0, 0.05) is 11.3 Å². The number of aromatic amines is 1. The summed E-state index contributed by atoms with van der Waals surface area (Å²) in [4.78, 5) is 16.6. The summed E-state index contributed by atoms with van der Waals surface area (Å²) in [5, 5.41) is 9.84. The van der Waals surface area contributed by atoms with E-state index in [1.165, 1.54) is 18.4 Å². The van der Waals surface area contributed by atoms with Crippen molar-refractivity contribution < 1.29 is 4.79 Å². The molecule has 0 spiro atoms. The number of carbonyl (C=O) groups excluding carboxylic acids is 1. The van der Waals surface area contributed by atoms with Crippen LogP contribution in [0.3, 0.4) is 0 Å². The summed E-state index contributed by atoms with van der Waals surface area (Å²) in [5.74, 6) is 1.20. The van der Waals surface area contributed by atoms with Crippen LogP contribution in [0.15, 0.2) is 48.5 Å². The molecule has 2 aromatic carbocycles. The number of rotatable bonds is 8. The summed E-state index contributed by atoms with van der Waals surface area (Å²) in [7, 11) is 0. The molecule has 6 nitrogen and oxygen atoms in total. The second-order valence-corrected chi connectivity index (χ2v) is 6.53. The molecule has 0 fully saturated rings. The number of nitrogens with zero attached hydrogens (tertiary/aromatic N) is 2. The van der Waals surface area contributed by atoms with Gasteiger partial charge < -0.3 is 11.1 Å². The lowest BCUT2D eigenvalue weighted by Crippen LogP contribution is -2.14. The summed E-state index contributed by atoms with van der Waals surface area (Å²) in [6, 6.07) is 15.7.